The monoisotopic (exact) mass is 320 g/mol. The van der Waals surface area contributed by atoms with Crippen molar-refractivity contribution in [1.82, 2.24) is 9.78 Å². The fraction of sp³-hybridized carbons (Fsp3) is 0.286. The van der Waals surface area contributed by atoms with Crippen LogP contribution >= 0.6 is 0 Å². The van der Waals surface area contributed by atoms with E-state index in [0.717, 1.165) is 41.8 Å². The number of unbranched alkanes of at least 4 members (excludes halogenated alkanes) is 1. The molecule has 3 rings (SSSR count). The van der Waals surface area contributed by atoms with E-state index in [4.69, 9.17) is 0 Å². The molecule has 3 nitrogen and oxygen atoms in total. The summed E-state index contributed by atoms with van der Waals surface area (Å²) >= 11 is 0. The third-order valence-corrected chi connectivity index (χ3v) is 4.39. The van der Waals surface area contributed by atoms with Gasteiger partial charge in [-0.3, -0.25) is 0 Å². The zero-order valence-corrected chi connectivity index (χ0v) is 14.6. The molecule has 0 amide bonds. The van der Waals surface area contributed by atoms with E-state index in [-0.39, 0.29) is 5.88 Å². The second-order valence-electron chi connectivity index (χ2n) is 6.32. The molecular formula is C21H24N2O. The molecular weight excluding hydrogens is 296 g/mol. The largest absolute Gasteiger partial charge is 0.492 e. The first kappa shape index (κ1) is 16.3. The van der Waals surface area contributed by atoms with Gasteiger partial charge in [0.1, 0.15) is 0 Å². The number of hydrogen-bond donors (Lipinski definition) is 1. The summed E-state index contributed by atoms with van der Waals surface area (Å²) in [6.45, 7) is 6.33. The lowest BCUT2D eigenvalue weighted by Gasteiger charge is -2.12. The van der Waals surface area contributed by atoms with Crippen LogP contribution < -0.4 is 0 Å². The first-order valence-electron chi connectivity index (χ1n) is 8.55. The van der Waals surface area contributed by atoms with E-state index < -0.39 is 0 Å². The molecule has 0 radical (unpaired) electrons. The zero-order valence-electron chi connectivity index (χ0n) is 14.6. The lowest BCUT2D eigenvalue weighted by molar-refractivity contribution is 0.441. The maximum atomic E-state index is 10.5. The number of nitrogens with zero attached hydrogens (tertiary/aromatic N) is 2. The summed E-state index contributed by atoms with van der Waals surface area (Å²) in [5, 5.41) is 15.0. The molecule has 1 aromatic heterocycles. The Balaban J connectivity index is 2.24. The van der Waals surface area contributed by atoms with Crippen molar-refractivity contribution in [2.24, 2.45) is 0 Å². The highest BCUT2D eigenvalue weighted by molar-refractivity contribution is 5.71. The first-order valence-corrected chi connectivity index (χ1v) is 8.55. The minimum Gasteiger partial charge on any atom is -0.492 e. The van der Waals surface area contributed by atoms with E-state index in [0.29, 0.717) is 0 Å². The molecule has 0 aliphatic carbocycles. The highest BCUT2D eigenvalue weighted by Crippen LogP contribution is 2.35. The van der Waals surface area contributed by atoms with Gasteiger partial charge >= 0.3 is 0 Å². The fourth-order valence-electron chi connectivity index (χ4n) is 3.08. The second kappa shape index (κ2) is 6.91. The molecule has 1 heterocycles. The van der Waals surface area contributed by atoms with Crippen LogP contribution in [0.3, 0.4) is 0 Å². The van der Waals surface area contributed by atoms with Gasteiger partial charge < -0.3 is 5.11 Å². The van der Waals surface area contributed by atoms with Gasteiger partial charge in [0.2, 0.25) is 5.88 Å². The molecule has 0 bridgehead atoms. The average molecular weight is 320 g/mol. The number of aromatic nitrogens is 2. The summed E-state index contributed by atoms with van der Waals surface area (Å²) in [5.74, 6) is 0.142. The van der Waals surface area contributed by atoms with Crippen LogP contribution in [0.4, 0.5) is 0 Å². The Morgan fingerprint density at radius 3 is 2.54 bits per heavy atom. The van der Waals surface area contributed by atoms with Gasteiger partial charge in [-0.05, 0) is 49.9 Å². The quantitative estimate of drug-likeness (QED) is 0.701. The molecule has 0 aliphatic rings. The molecule has 0 fully saturated rings. The van der Waals surface area contributed by atoms with Crippen LogP contribution in [-0.4, -0.2) is 14.9 Å². The summed E-state index contributed by atoms with van der Waals surface area (Å²) in [6.07, 6.45) is 2.95. The standard InChI is InChI=1S/C21H24N2O/c1-4-5-12-19-20(18-13-7-6-10-16(18)3)23(22-21(19)24)17-11-8-9-15(2)14-17/h6-11,13-14H,4-5,12H2,1-3H3,(H,22,24). The molecule has 3 heteroatoms. The van der Waals surface area contributed by atoms with E-state index in [1.807, 2.05) is 28.9 Å². The van der Waals surface area contributed by atoms with E-state index in [1.165, 1.54) is 11.1 Å². The summed E-state index contributed by atoms with van der Waals surface area (Å²) < 4.78 is 1.88. The molecule has 0 unspecified atom stereocenters. The Hall–Kier alpha value is -2.55. The van der Waals surface area contributed by atoms with E-state index in [2.05, 4.69) is 50.1 Å². The van der Waals surface area contributed by atoms with Crippen LogP contribution in [-0.2, 0) is 6.42 Å². The third-order valence-electron chi connectivity index (χ3n) is 4.39. The Kier molecular flexibility index (Phi) is 4.70. The Morgan fingerprint density at radius 1 is 1.04 bits per heavy atom. The maximum absolute atomic E-state index is 10.5. The van der Waals surface area contributed by atoms with Gasteiger partial charge in [0.25, 0.3) is 0 Å². The van der Waals surface area contributed by atoms with Gasteiger partial charge in [-0.15, -0.1) is 5.10 Å². The summed E-state index contributed by atoms with van der Waals surface area (Å²) in [7, 11) is 0. The van der Waals surface area contributed by atoms with Crippen molar-refractivity contribution in [3.05, 3.63) is 65.2 Å². The SMILES string of the molecule is CCCCc1c(O)nn(-c2cccc(C)c2)c1-c1ccccc1C. The molecule has 2 aromatic carbocycles. The van der Waals surface area contributed by atoms with Gasteiger partial charge in [-0.2, -0.15) is 0 Å². The predicted molar refractivity (Wildman–Crippen MR) is 98.8 cm³/mol. The van der Waals surface area contributed by atoms with Crippen molar-refractivity contribution in [3.63, 3.8) is 0 Å². The number of aromatic hydroxyl groups is 1. The highest BCUT2D eigenvalue weighted by Gasteiger charge is 2.20. The minimum absolute atomic E-state index is 0.142. The Morgan fingerprint density at radius 2 is 1.83 bits per heavy atom. The van der Waals surface area contributed by atoms with E-state index >= 15 is 0 Å². The molecule has 0 spiro atoms. The average Bonchev–Trinajstić information content (AvgIpc) is 2.90. The fourth-order valence-corrected chi connectivity index (χ4v) is 3.08. The molecule has 0 aliphatic heterocycles. The van der Waals surface area contributed by atoms with Crippen LogP contribution in [0, 0.1) is 13.8 Å². The summed E-state index contributed by atoms with van der Waals surface area (Å²) in [4.78, 5) is 0. The van der Waals surface area contributed by atoms with Crippen LogP contribution in [0.5, 0.6) is 5.88 Å². The Labute approximate surface area is 143 Å². The summed E-state index contributed by atoms with van der Waals surface area (Å²) in [5.41, 5.74) is 6.40. The number of aryl methyl sites for hydroxylation is 2. The molecule has 24 heavy (non-hydrogen) atoms. The minimum atomic E-state index is 0.142. The normalized spacial score (nSPS) is 11.0. The second-order valence-corrected chi connectivity index (χ2v) is 6.32. The van der Waals surface area contributed by atoms with Crippen molar-refractivity contribution < 1.29 is 5.11 Å². The van der Waals surface area contributed by atoms with Gasteiger partial charge in [0, 0.05) is 11.1 Å². The molecule has 0 saturated heterocycles. The smallest absolute Gasteiger partial charge is 0.234 e. The van der Waals surface area contributed by atoms with E-state index in [1.54, 1.807) is 0 Å². The van der Waals surface area contributed by atoms with Crippen molar-refractivity contribution in [1.29, 1.82) is 0 Å². The lowest BCUT2D eigenvalue weighted by Crippen LogP contribution is -2.01. The maximum Gasteiger partial charge on any atom is 0.234 e. The van der Waals surface area contributed by atoms with Crippen LogP contribution in [0.25, 0.3) is 16.9 Å². The van der Waals surface area contributed by atoms with Crippen molar-refractivity contribution in [2.75, 3.05) is 0 Å². The van der Waals surface area contributed by atoms with Crippen molar-refractivity contribution in [3.8, 4) is 22.8 Å². The first-order chi connectivity index (χ1) is 11.6. The van der Waals surface area contributed by atoms with Crippen LogP contribution in [0.1, 0.15) is 36.5 Å². The lowest BCUT2D eigenvalue weighted by atomic mass is 9.99. The van der Waals surface area contributed by atoms with Gasteiger partial charge in [0.15, 0.2) is 0 Å². The molecule has 0 saturated carbocycles. The van der Waals surface area contributed by atoms with Crippen molar-refractivity contribution >= 4 is 0 Å². The zero-order chi connectivity index (χ0) is 17.1. The molecule has 1 N–H and O–H groups in total. The number of benzene rings is 2. The highest BCUT2D eigenvalue weighted by atomic mass is 16.3. The van der Waals surface area contributed by atoms with E-state index in [9.17, 15) is 5.11 Å². The topological polar surface area (TPSA) is 38.1 Å². The molecule has 124 valence electrons. The summed E-state index contributed by atoms with van der Waals surface area (Å²) in [6, 6.07) is 16.5. The molecule has 3 aromatic rings. The predicted octanol–water partition coefficient (Wildman–Crippen LogP) is 5.20. The van der Waals surface area contributed by atoms with Gasteiger partial charge in [0.05, 0.1) is 11.4 Å². The molecule has 0 atom stereocenters. The van der Waals surface area contributed by atoms with Crippen LogP contribution in [0.15, 0.2) is 48.5 Å². The Bertz CT molecular complexity index is 849. The number of hydrogen-bond acceptors (Lipinski definition) is 2. The third kappa shape index (κ3) is 3.07. The van der Waals surface area contributed by atoms with Gasteiger partial charge in [-0.25, -0.2) is 4.68 Å². The van der Waals surface area contributed by atoms with Crippen LogP contribution in [0.2, 0.25) is 0 Å². The van der Waals surface area contributed by atoms with Gasteiger partial charge in [-0.1, -0.05) is 49.7 Å². The number of rotatable bonds is 5. The van der Waals surface area contributed by atoms with Crippen molar-refractivity contribution in [2.45, 2.75) is 40.0 Å².